The molecule has 0 aromatic carbocycles. The Balaban J connectivity index is 1.59. The van der Waals surface area contributed by atoms with Crippen molar-refractivity contribution in [3.05, 3.63) is 34.0 Å². The molecule has 2 fully saturated rings. The first-order valence-corrected chi connectivity index (χ1v) is 13.6. The maximum atomic E-state index is 11.7. The molecule has 200 valence electrons. The van der Waals surface area contributed by atoms with E-state index < -0.39 is 5.76 Å². The Bertz CT molecular complexity index is 1500. The number of rotatable bonds is 5. The SMILES string of the molecule is C[C@@H]1COC[C@@H](C)N1c1nc2nc(-c3n[nH]c(=O)o3)nc(-c3cncc(Cl)c3)c2n1C[C@H]1CC[C@H](C)CC1. The minimum Gasteiger partial charge on any atom is -0.384 e. The molecule has 11 nitrogen and oxygen atoms in total. The van der Waals surface area contributed by atoms with Gasteiger partial charge in [0.15, 0.2) is 5.65 Å². The third kappa shape index (κ3) is 4.69. The van der Waals surface area contributed by atoms with Gasteiger partial charge in [0.05, 0.1) is 30.3 Å². The number of halogens is 1. The molecular weight excluding hydrogens is 508 g/mol. The molecule has 4 aromatic rings. The van der Waals surface area contributed by atoms with Crippen molar-refractivity contribution in [1.82, 2.24) is 34.7 Å². The summed E-state index contributed by atoms with van der Waals surface area (Å²) in [4.78, 5) is 33.0. The summed E-state index contributed by atoms with van der Waals surface area (Å²) in [6, 6.07) is 2.09. The van der Waals surface area contributed by atoms with E-state index in [1.165, 1.54) is 25.7 Å². The summed E-state index contributed by atoms with van der Waals surface area (Å²) in [6.07, 6.45) is 8.08. The van der Waals surface area contributed by atoms with Crippen LogP contribution in [0.3, 0.4) is 0 Å². The van der Waals surface area contributed by atoms with Crippen LogP contribution in [0.4, 0.5) is 5.95 Å². The van der Waals surface area contributed by atoms with E-state index in [-0.39, 0.29) is 23.8 Å². The molecule has 2 atom stereocenters. The summed E-state index contributed by atoms with van der Waals surface area (Å²) in [5.74, 6) is 1.60. The summed E-state index contributed by atoms with van der Waals surface area (Å²) in [5, 5.41) is 6.74. The van der Waals surface area contributed by atoms with Gasteiger partial charge in [0.25, 0.3) is 5.89 Å². The predicted octanol–water partition coefficient (Wildman–Crippen LogP) is 4.32. The van der Waals surface area contributed by atoms with Crippen LogP contribution < -0.4 is 10.7 Å². The molecule has 0 unspecified atom stereocenters. The first kappa shape index (κ1) is 25.0. The van der Waals surface area contributed by atoms with Gasteiger partial charge in [0.1, 0.15) is 11.2 Å². The number of H-pyrrole nitrogens is 1. The molecule has 2 aliphatic rings. The number of hydrogen-bond acceptors (Lipinski definition) is 9. The zero-order chi connectivity index (χ0) is 26.4. The third-order valence-electron chi connectivity index (χ3n) is 7.67. The van der Waals surface area contributed by atoms with Crippen LogP contribution in [0.15, 0.2) is 27.7 Å². The van der Waals surface area contributed by atoms with Gasteiger partial charge in [-0.25, -0.2) is 19.9 Å². The summed E-state index contributed by atoms with van der Waals surface area (Å²) >= 11 is 6.35. The topological polar surface area (TPSA) is 128 Å². The van der Waals surface area contributed by atoms with E-state index in [2.05, 4.69) is 45.4 Å². The van der Waals surface area contributed by atoms with E-state index in [0.29, 0.717) is 35.5 Å². The van der Waals surface area contributed by atoms with E-state index in [1.807, 2.05) is 6.07 Å². The number of anilines is 1. The third-order valence-corrected chi connectivity index (χ3v) is 7.87. The Labute approximate surface area is 224 Å². The Morgan fingerprint density at radius 1 is 1.05 bits per heavy atom. The first-order valence-electron chi connectivity index (χ1n) is 13.2. The van der Waals surface area contributed by atoms with Gasteiger partial charge in [-0.05, 0) is 44.6 Å². The van der Waals surface area contributed by atoms with Gasteiger partial charge in [0, 0.05) is 24.5 Å². The van der Waals surface area contributed by atoms with Crippen LogP contribution in [-0.2, 0) is 11.3 Å². The quantitative estimate of drug-likeness (QED) is 0.395. The number of nitrogens with one attached hydrogen (secondary N) is 1. The highest BCUT2D eigenvalue weighted by Crippen LogP contribution is 2.37. The molecule has 0 bridgehead atoms. The number of fused-ring (bicyclic) bond motifs is 1. The molecule has 1 saturated heterocycles. The molecule has 5 heterocycles. The van der Waals surface area contributed by atoms with Crippen molar-refractivity contribution < 1.29 is 9.15 Å². The predicted molar refractivity (Wildman–Crippen MR) is 143 cm³/mol. The zero-order valence-electron chi connectivity index (χ0n) is 21.7. The Morgan fingerprint density at radius 3 is 2.50 bits per heavy atom. The van der Waals surface area contributed by atoms with E-state index in [1.54, 1.807) is 12.4 Å². The van der Waals surface area contributed by atoms with Crippen LogP contribution in [0.1, 0.15) is 46.5 Å². The highest BCUT2D eigenvalue weighted by molar-refractivity contribution is 6.30. The van der Waals surface area contributed by atoms with Crippen molar-refractivity contribution in [2.45, 2.75) is 65.1 Å². The molecule has 0 amide bonds. The number of ether oxygens (including phenoxy) is 1. The molecule has 1 N–H and O–H groups in total. The van der Waals surface area contributed by atoms with Gasteiger partial charge in [-0.1, -0.05) is 31.4 Å². The van der Waals surface area contributed by atoms with E-state index in [9.17, 15) is 4.79 Å². The molecule has 1 saturated carbocycles. The Kier molecular flexibility index (Phi) is 6.65. The van der Waals surface area contributed by atoms with Gasteiger partial charge in [-0.15, -0.1) is 5.10 Å². The van der Waals surface area contributed by atoms with E-state index in [0.717, 1.165) is 29.5 Å². The monoisotopic (exact) mass is 538 g/mol. The lowest BCUT2D eigenvalue weighted by Crippen LogP contribution is -2.51. The Hall–Kier alpha value is -3.31. The molecule has 12 heteroatoms. The highest BCUT2D eigenvalue weighted by atomic mass is 35.5. The number of nitrogens with zero attached hydrogens (tertiary/aromatic N) is 7. The number of hydrogen-bond donors (Lipinski definition) is 1. The Morgan fingerprint density at radius 2 is 1.82 bits per heavy atom. The fourth-order valence-corrected chi connectivity index (χ4v) is 5.90. The van der Waals surface area contributed by atoms with Crippen LogP contribution >= 0.6 is 11.6 Å². The number of imidazole rings is 1. The summed E-state index contributed by atoms with van der Waals surface area (Å²) < 4.78 is 13.3. The van der Waals surface area contributed by atoms with E-state index >= 15 is 0 Å². The lowest BCUT2D eigenvalue weighted by Gasteiger charge is -2.40. The van der Waals surface area contributed by atoms with Crippen LogP contribution in [-0.4, -0.2) is 60.0 Å². The van der Waals surface area contributed by atoms with Crippen LogP contribution in [0, 0.1) is 11.8 Å². The van der Waals surface area contributed by atoms with Gasteiger partial charge in [-0.3, -0.25) is 4.98 Å². The summed E-state index contributed by atoms with van der Waals surface area (Å²) in [5.41, 5.74) is 2.63. The van der Waals surface area contributed by atoms with Gasteiger partial charge >= 0.3 is 5.76 Å². The second-order valence-corrected chi connectivity index (χ2v) is 11.1. The van der Waals surface area contributed by atoms with Crippen molar-refractivity contribution in [1.29, 1.82) is 0 Å². The maximum Gasteiger partial charge on any atom is 0.434 e. The number of morpholine rings is 1. The molecule has 0 spiro atoms. The van der Waals surface area contributed by atoms with Crippen LogP contribution in [0.5, 0.6) is 0 Å². The normalized spacial score (nSPS) is 24.3. The second-order valence-electron chi connectivity index (χ2n) is 10.7. The lowest BCUT2D eigenvalue weighted by molar-refractivity contribution is 0.0741. The fourth-order valence-electron chi connectivity index (χ4n) is 5.73. The van der Waals surface area contributed by atoms with Crippen LogP contribution in [0.2, 0.25) is 5.02 Å². The average molecular weight is 539 g/mol. The highest BCUT2D eigenvalue weighted by Gasteiger charge is 2.33. The second kappa shape index (κ2) is 10.1. The van der Waals surface area contributed by atoms with Crippen molar-refractivity contribution in [2.24, 2.45) is 11.8 Å². The fraction of sp³-hybridized carbons (Fsp3) is 0.538. The molecule has 4 aromatic heterocycles. The first-order chi connectivity index (χ1) is 18.4. The van der Waals surface area contributed by atoms with Crippen molar-refractivity contribution in [2.75, 3.05) is 18.1 Å². The van der Waals surface area contributed by atoms with Gasteiger partial charge in [-0.2, -0.15) is 4.98 Å². The maximum absolute atomic E-state index is 11.7. The van der Waals surface area contributed by atoms with Gasteiger partial charge < -0.3 is 18.6 Å². The minimum atomic E-state index is -0.677. The largest absolute Gasteiger partial charge is 0.434 e. The summed E-state index contributed by atoms with van der Waals surface area (Å²) in [7, 11) is 0. The molecule has 0 radical (unpaired) electrons. The van der Waals surface area contributed by atoms with Gasteiger partial charge in [0.2, 0.25) is 11.8 Å². The van der Waals surface area contributed by atoms with Crippen LogP contribution in [0.25, 0.3) is 34.1 Å². The minimum absolute atomic E-state index is 0.00128. The smallest absolute Gasteiger partial charge is 0.384 e. The van der Waals surface area contributed by atoms with E-state index in [4.69, 9.17) is 35.7 Å². The van der Waals surface area contributed by atoms with Crippen molar-refractivity contribution in [3.63, 3.8) is 0 Å². The van der Waals surface area contributed by atoms with Crippen molar-refractivity contribution in [3.8, 4) is 23.0 Å². The molecule has 38 heavy (non-hydrogen) atoms. The average Bonchev–Trinajstić information content (AvgIpc) is 3.48. The molecule has 1 aliphatic carbocycles. The van der Waals surface area contributed by atoms with Crippen molar-refractivity contribution >= 4 is 28.7 Å². The standard InChI is InChI=1S/C26H31ClN8O3/c1-14-4-6-17(7-5-14)11-34-21-20(18-8-19(27)10-28-9-18)29-23(24-32-33-26(36)38-24)30-22(21)31-25(34)35-15(2)12-37-13-16(35)3/h8-10,14-17H,4-7,11-13H2,1-3H3,(H,33,36)/t14-,15-,16-,17-/m1/s1. The zero-order valence-corrected chi connectivity index (χ0v) is 22.5. The molecule has 6 rings (SSSR count). The number of aromatic amines is 1. The molecule has 1 aliphatic heterocycles. The summed E-state index contributed by atoms with van der Waals surface area (Å²) in [6.45, 7) is 8.68. The molecular formula is C26H31ClN8O3. The number of pyridine rings is 1. The lowest BCUT2D eigenvalue weighted by atomic mass is 9.83. The number of aromatic nitrogens is 7.